The topological polar surface area (TPSA) is 36.1 Å². The molecule has 0 aromatic rings. The number of nitrogens with one attached hydrogen (secondary N) is 3. The second-order valence-electron chi connectivity index (χ2n) is 6.31. The Bertz CT molecular complexity index is 200. The lowest BCUT2D eigenvalue weighted by Gasteiger charge is -2.40. The largest absolute Gasteiger partial charge is 0.281 e. The van der Waals surface area contributed by atoms with Gasteiger partial charge in [-0.25, -0.2) is 0 Å². The van der Waals surface area contributed by atoms with Crippen LogP contribution in [-0.2, 0) is 0 Å². The molecule has 0 amide bonds. The van der Waals surface area contributed by atoms with Crippen molar-refractivity contribution in [2.24, 2.45) is 0 Å². The standard InChI is InChI=1S/C16H38N3P/c1-7-10-13(4)17-16(20,18-14(5)11-8-2)19-15(6)12-9-3/h13-15,17-19H,7-12,20H2,1-6H3. The first-order chi connectivity index (χ1) is 9.36. The molecule has 20 heavy (non-hydrogen) atoms. The van der Waals surface area contributed by atoms with Gasteiger partial charge in [0.2, 0.25) is 0 Å². The van der Waals surface area contributed by atoms with E-state index in [9.17, 15) is 0 Å². The van der Waals surface area contributed by atoms with Crippen molar-refractivity contribution < 1.29 is 0 Å². The van der Waals surface area contributed by atoms with Crippen LogP contribution in [-0.4, -0.2) is 23.7 Å². The Morgan fingerprint density at radius 2 is 0.950 bits per heavy atom. The van der Waals surface area contributed by atoms with Crippen LogP contribution in [0.4, 0.5) is 0 Å². The Balaban J connectivity index is 4.64. The fourth-order valence-corrected chi connectivity index (χ4v) is 3.66. The van der Waals surface area contributed by atoms with Crippen LogP contribution >= 0.6 is 9.24 Å². The molecule has 0 radical (unpaired) electrons. The van der Waals surface area contributed by atoms with E-state index in [0.717, 1.165) is 0 Å². The van der Waals surface area contributed by atoms with Crippen LogP contribution in [0, 0.1) is 0 Å². The van der Waals surface area contributed by atoms with Crippen molar-refractivity contribution in [2.45, 2.75) is 104 Å². The van der Waals surface area contributed by atoms with Crippen LogP contribution in [0.5, 0.6) is 0 Å². The molecule has 0 fully saturated rings. The van der Waals surface area contributed by atoms with E-state index in [-0.39, 0.29) is 5.53 Å². The number of rotatable bonds is 12. The fourth-order valence-electron chi connectivity index (χ4n) is 2.81. The minimum absolute atomic E-state index is 0.266. The maximum absolute atomic E-state index is 3.71. The highest BCUT2D eigenvalue weighted by atomic mass is 31.0. The summed E-state index contributed by atoms with van der Waals surface area (Å²) in [6.45, 7) is 13.5. The first-order valence-electron chi connectivity index (χ1n) is 8.48. The van der Waals surface area contributed by atoms with Crippen LogP contribution in [0.3, 0.4) is 0 Å². The number of hydrogen-bond donors (Lipinski definition) is 3. The molecule has 4 unspecified atom stereocenters. The Morgan fingerprint density at radius 1 is 0.700 bits per heavy atom. The zero-order valence-electron chi connectivity index (χ0n) is 14.6. The van der Waals surface area contributed by atoms with Gasteiger partial charge in [-0.3, -0.25) is 16.0 Å². The molecule has 0 aromatic heterocycles. The van der Waals surface area contributed by atoms with Crippen LogP contribution < -0.4 is 16.0 Å². The Labute approximate surface area is 129 Å². The molecule has 0 saturated carbocycles. The molecule has 0 aromatic carbocycles. The van der Waals surface area contributed by atoms with Gasteiger partial charge in [0.15, 0.2) is 0 Å². The SMILES string of the molecule is CCCC(C)NC(P)(NC(C)CCC)NC(C)CCC. The average Bonchev–Trinajstić information content (AvgIpc) is 2.28. The molecule has 0 aliphatic rings. The summed E-state index contributed by atoms with van der Waals surface area (Å²) in [7, 11) is 2.97. The molecule has 3 N–H and O–H groups in total. The lowest BCUT2D eigenvalue weighted by molar-refractivity contribution is 0.228. The Kier molecular flexibility index (Phi) is 11.1. The lowest BCUT2D eigenvalue weighted by Crippen LogP contribution is -2.67. The Morgan fingerprint density at radius 3 is 1.15 bits per heavy atom. The molecule has 0 spiro atoms. The summed E-state index contributed by atoms with van der Waals surface area (Å²) in [6, 6.07) is 1.50. The van der Waals surface area contributed by atoms with Gasteiger partial charge in [0.25, 0.3) is 0 Å². The van der Waals surface area contributed by atoms with E-state index in [1.54, 1.807) is 0 Å². The van der Waals surface area contributed by atoms with E-state index in [1.807, 2.05) is 0 Å². The fraction of sp³-hybridized carbons (Fsp3) is 1.00. The highest BCUT2D eigenvalue weighted by Crippen LogP contribution is 2.15. The monoisotopic (exact) mass is 303 g/mol. The highest BCUT2D eigenvalue weighted by molar-refractivity contribution is 7.18. The molecule has 4 heteroatoms. The lowest BCUT2D eigenvalue weighted by atomic mass is 10.1. The van der Waals surface area contributed by atoms with Crippen molar-refractivity contribution in [2.75, 3.05) is 0 Å². The number of hydrogen-bond acceptors (Lipinski definition) is 3. The first-order valence-corrected chi connectivity index (χ1v) is 9.06. The van der Waals surface area contributed by atoms with Crippen molar-refractivity contribution in [3.8, 4) is 0 Å². The van der Waals surface area contributed by atoms with Crippen molar-refractivity contribution in [1.82, 2.24) is 16.0 Å². The summed E-state index contributed by atoms with van der Waals surface area (Å²) in [5.41, 5.74) is -0.266. The molecule has 0 aliphatic carbocycles. The van der Waals surface area contributed by atoms with Crippen molar-refractivity contribution in [3.63, 3.8) is 0 Å². The van der Waals surface area contributed by atoms with E-state index in [4.69, 9.17) is 0 Å². The van der Waals surface area contributed by atoms with Crippen molar-refractivity contribution in [1.29, 1.82) is 0 Å². The zero-order chi connectivity index (χ0) is 15.6. The molecular weight excluding hydrogens is 265 g/mol. The molecule has 0 heterocycles. The van der Waals surface area contributed by atoms with Gasteiger partial charge in [-0.2, -0.15) is 0 Å². The van der Waals surface area contributed by atoms with E-state index >= 15 is 0 Å². The highest BCUT2D eigenvalue weighted by Gasteiger charge is 2.28. The van der Waals surface area contributed by atoms with Crippen molar-refractivity contribution >= 4 is 9.24 Å². The summed E-state index contributed by atoms with van der Waals surface area (Å²) < 4.78 is 0. The zero-order valence-corrected chi connectivity index (χ0v) is 15.7. The first kappa shape index (κ1) is 20.3. The van der Waals surface area contributed by atoms with Gasteiger partial charge in [-0.05, 0) is 40.0 Å². The molecule has 3 nitrogen and oxygen atoms in total. The third-order valence-corrected chi connectivity index (χ3v) is 4.09. The minimum Gasteiger partial charge on any atom is -0.281 e. The summed E-state index contributed by atoms with van der Waals surface area (Å²) in [5, 5.41) is 11.1. The molecule has 0 bridgehead atoms. The van der Waals surface area contributed by atoms with E-state index in [2.05, 4.69) is 66.7 Å². The van der Waals surface area contributed by atoms with Gasteiger partial charge in [-0.1, -0.05) is 49.3 Å². The van der Waals surface area contributed by atoms with Crippen LogP contribution in [0.15, 0.2) is 0 Å². The minimum atomic E-state index is -0.266. The van der Waals surface area contributed by atoms with Crippen molar-refractivity contribution in [3.05, 3.63) is 0 Å². The van der Waals surface area contributed by atoms with E-state index in [1.165, 1.54) is 38.5 Å². The van der Waals surface area contributed by atoms with Crippen LogP contribution in [0.25, 0.3) is 0 Å². The third-order valence-electron chi connectivity index (χ3n) is 3.59. The van der Waals surface area contributed by atoms with E-state index < -0.39 is 0 Å². The quantitative estimate of drug-likeness (QED) is 0.379. The summed E-state index contributed by atoms with van der Waals surface area (Å²) in [5.74, 6) is 0. The van der Waals surface area contributed by atoms with Gasteiger partial charge in [0.05, 0.1) is 0 Å². The maximum Gasteiger partial charge on any atom is 0.137 e. The van der Waals surface area contributed by atoms with Gasteiger partial charge in [-0.15, -0.1) is 0 Å². The molecule has 0 rings (SSSR count). The molecule has 122 valence electrons. The normalized spacial score (nSPS) is 19.4. The molecule has 0 aliphatic heterocycles. The van der Waals surface area contributed by atoms with Gasteiger partial charge >= 0.3 is 0 Å². The Hall–Kier alpha value is 0.310. The molecular formula is C16H38N3P. The van der Waals surface area contributed by atoms with E-state index in [0.29, 0.717) is 18.1 Å². The van der Waals surface area contributed by atoms with Crippen LogP contribution in [0.2, 0.25) is 0 Å². The second kappa shape index (κ2) is 11.0. The maximum atomic E-state index is 3.71. The summed E-state index contributed by atoms with van der Waals surface area (Å²) >= 11 is 0. The molecule has 0 saturated heterocycles. The predicted octanol–water partition coefficient (Wildman–Crippen LogP) is 3.81. The smallest absolute Gasteiger partial charge is 0.137 e. The van der Waals surface area contributed by atoms with Gasteiger partial charge in [0, 0.05) is 18.1 Å². The summed E-state index contributed by atoms with van der Waals surface area (Å²) in [6.07, 6.45) is 7.23. The average molecular weight is 303 g/mol. The van der Waals surface area contributed by atoms with Crippen LogP contribution in [0.1, 0.15) is 80.1 Å². The summed E-state index contributed by atoms with van der Waals surface area (Å²) in [4.78, 5) is 0. The third kappa shape index (κ3) is 9.28. The predicted molar refractivity (Wildman–Crippen MR) is 95.0 cm³/mol. The second-order valence-corrected chi connectivity index (χ2v) is 7.18. The van der Waals surface area contributed by atoms with Gasteiger partial charge in [0.1, 0.15) is 5.53 Å². The molecule has 4 atom stereocenters. The van der Waals surface area contributed by atoms with Gasteiger partial charge < -0.3 is 0 Å².